The van der Waals surface area contributed by atoms with Crippen LogP contribution in [0.25, 0.3) is 10.6 Å². The highest BCUT2D eigenvalue weighted by atomic mass is 32.1. The Balaban J connectivity index is 1.33. The number of nitrogens with one attached hydrogen (secondary N) is 1. The molecule has 0 radical (unpaired) electrons. The first-order chi connectivity index (χ1) is 15.6. The van der Waals surface area contributed by atoms with Gasteiger partial charge in [0.25, 0.3) is 0 Å². The zero-order valence-corrected chi connectivity index (χ0v) is 18.8. The van der Waals surface area contributed by atoms with Crippen molar-refractivity contribution in [3.8, 4) is 10.6 Å². The van der Waals surface area contributed by atoms with Crippen molar-refractivity contribution < 1.29 is 18.7 Å². The molecule has 2 saturated heterocycles. The van der Waals surface area contributed by atoms with Crippen molar-refractivity contribution in [2.45, 2.75) is 63.1 Å². The number of aromatic nitrogens is 1. The van der Waals surface area contributed by atoms with Gasteiger partial charge in [-0.3, -0.25) is 9.59 Å². The third kappa shape index (κ3) is 4.43. The van der Waals surface area contributed by atoms with E-state index in [0.717, 1.165) is 54.8 Å². The minimum absolute atomic E-state index is 0.0748. The molecule has 3 heterocycles. The summed E-state index contributed by atoms with van der Waals surface area (Å²) >= 11 is 1.47. The Morgan fingerprint density at radius 2 is 2.09 bits per heavy atom. The van der Waals surface area contributed by atoms with Crippen LogP contribution in [0, 0.1) is 11.7 Å². The number of carbonyl (C=O) groups excluding carboxylic acids is 2. The maximum absolute atomic E-state index is 13.6. The van der Waals surface area contributed by atoms with E-state index in [1.54, 1.807) is 6.07 Å². The second-order valence-corrected chi connectivity index (χ2v) is 9.85. The average Bonchev–Trinajstić information content (AvgIpc) is 3.49. The fourth-order valence-corrected chi connectivity index (χ4v) is 5.70. The molecule has 1 aliphatic carbocycles. The number of thiazole rings is 1. The van der Waals surface area contributed by atoms with Gasteiger partial charge in [-0.1, -0.05) is 18.6 Å². The normalized spacial score (nSPS) is 25.7. The molecule has 8 heteroatoms. The van der Waals surface area contributed by atoms with Crippen LogP contribution in [0.5, 0.6) is 0 Å². The van der Waals surface area contributed by atoms with Gasteiger partial charge in [-0.25, -0.2) is 9.37 Å². The molecular formula is C24H28FN3O3S. The molecule has 3 fully saturated rings. The summed E-state index contributed by atoms with van der Waals surface area (Å²) in [6.45, 7) is 1.28. The predicted molar refractivity (Wildman–Crippen MR) is 120 cm³/mol. The molecule has 5 rings (SSSR count). The topological polar surface area (TPSA) is 71.5 Å². The van der Waals surface area contributed by atoms with Crippen molar-refractivity contribution in [1.82, 2.24) is 15.2 Å². The lowest BCUT2D eigenvalue weighted by atomic mass is 9.84. The fraction of sp³-hybridized carbons (Fsp3) is 0.542. The molecule has 1 N–H and O–H groups in total. The van der Waals surface area contributed by atoms with Crippen molar-refractivity contribution >= 4 is 23.2 Å². The van der Waals surface area contributed by atoms with E-state index in [4.69, 9.17) is 9.72 Å². The van der Waals surface area contributed by atoms with Gasteiger partial charge in [-0.15, -0.1) is 11.3 Å². The molecule has 170 valence electrons. The number of likely N-dealkylation sites (tertiary alicyclic amines) is 1. The molecule has 2 amide bonds. The molecular weight excluding hydrogens is 429 g/mol. The van der Waals surface area contributed by atoms with E-state index < -0.39 is 0 Å². The summed E-state index contributed by atoms with van der Waals surface area (Å²) in [6.07, 6.45) is 5.59. The van der Waals surface area contributed by atoms with Gasteiger partial charge in [0.05, 0.1) is 17.8 Å². The van der Waals surface area contributed by atoms with Crippen molar-refractivity contribution in [2.24, 2.45) is 5.92 Å². The van der Waals surface area contributed by atoms with Crippen LogP contribution in [0.2, 0.25) is 0 Å². The Morgan fingerprint density at radius 3 is 2.81 bits per heavy atom. The lowest BCUT2D eigenvalue weighted by Crippen LogP contribution is -2.51. The maximum Gasteiger partial charge on any atom is 0.249 e. The molecule has 0 bridgehead atoms. The number of rotatable bonds is 6. The third-order valence-corrected chi connectivity index (χ3v) is 7.81. The first-order valence-electron chi connectivity index (χ1n) is 11.5. The third-order valence-electron chi connectivity index (χ3n) is 6.87. The smallest absolute Gasteiger partial charge is 0.249 e. The van der Waals surface area contributed by atoms with Crippen molar-refractivity contribution in [3.05, 3.63) is 41.2 Å². The van der Waals surface area contributed by atoms with Crippen LogP contribution in [-0.4, -0.2) is 53.0 Å². The molecule has 2 aliphatic heterocycles. The number of ether oxygens (including phenoxy) is 1. The summed E-state index contributed by atoms with van der Waals surface area (Å²) in [7, 11) is 0. The molecule has 0 spiro atoms. The summed E-state index contributed by atoms with van der Waals surface area (Å²) in [4.78, 5) is 32.5. The lowest BCUT2D eigenvalue weighted by Gasteiger charge is -2.34. The maximum atomic E-state index is 13.6. The summed E-state index contributed by atoms with van der Waals surface area (Å²) in [6, 6.07) is 6.18. The fourth-order valence-electron chi connectivity index (χ4n) is 4.87. The Labute approximate surface area is 191 Å². The second kappa shape index (κ2) is 9.27. The number of hydrogen-bond acceptors (Lipinski definition) is 5. The van der Waals surface area contributed by atoms with Gasteiger partial charge in [0.2, 0.25) is 11.8 Å². The van der Waals surface area contributed by atoms with Crippen molar-refractivity contribution in [1.29, 1.82) is 0 Å². The molecule has 0 unspecified atom stereocenters. The molecule has 32 heavy (non-hydrogen) atoms. The summed E-state index contributed by atoms with van der Waals surface area (Å²) in [5, 5.41) is 5.90. The van der Waals surface area contributed by atoms with Gasteiger partial charge in [-0.2, -0.15) is 0 Å². The van der Waals surface area contributed by atoms with Gasteiger partial charge in [0.15, 0.2) is 0 Å². The van der Waals surface area contributed by atoms with Gasteiger partial charge < -0.3 is 15.0 Å². The molecule has 2 aromatic rings. The highest BCUT2D eigenvalue weighted by molar-refractivity contribution is 7.13. The van der Waals surface area contributed by atoms with Crippen LogP contribution in [0.3, 0.4) is 0 Å². The van der Waals surface area contributed by atoms with Crippen LogP contribution in [0.15, 0.2) is 29.6 Å². The number of amides is 2. The molecule has 1 saturated carbocycles. The number of benzene rings is 1. The second-order valence-electron chi connectivity index (χ2n) is 8.99. The number of nitrogens with zero attached hydrogens (tertiary/aromatic N) is 2. The molecule has 1 aromatic heterocycles. The number of halogens is 1. The standard InChI is InChI=1S/C24H28FN3O3S/c25-17-7-2-6-16(12-17)23-26-18(14-32-23)13-20-19(27-22(29)21-8-3-11-31-21)9-10-28(20)24(30)15-4-1-5-15/h2,6-7,12,14-15,19-21H,1,3-5,8-11,13H2,(H,27,29)/t19-,20-,21-/m0/s1. The zero-order valence-electron chi connectivity index (χ0n) is 18.0. The SMILES string of the molecule is O=C(N[C@H]1CCN(C(=O)C2CCC2)[C@H]1Cc1csc(-c2cccc(F)c2)n1)[C@@H]1CCCO1. The van der Waals surface area contributed by atoms with E-state index in [0.29, 0.717) is 19.6 Å². The monoisotopic (exact) mass is 457 g/mol. The molecule has 1 aromatic carbocycles. The molecule has 3 atom stereocenters. The largest absolute Gasteiger partial charge is 0.368 e. The van der Waals surface area contributed by atoms with E-state index in [1.165, 1.54) is 23.5 Å². The molecule has 3 aliphatic rings. The van der Waals surface area contributed by atoms with Crippen LogP contribution in [0.1, 0.15) is 44.2 Å². The zero-order chi connectivity index (χ0) is 22.1. The Morgan fingerprint density at radius 1 is 1.22 bits per heavy atom. The number of carbonyl (C=O) groups is 2. The minimum Gasteiger partial charge on any atom is -0.368 e. The quantitative estimate of drug-likeness (QED) is 0.720. The first kappa shape index (κ1) is 21.5. The Hall–Kier alpha value is -2.32. The first-order valence-corrected chi connectivity index (χ1v) is 12.4. The lowest BCUT2D eigenvalue weighted by molar-refractivity contribution is -0.140. The van der Waals surface area contributed by atoms with E-state index in [2.05, 4.69) is 5.32 Å². The molecule has 6 nitrogen and oxygen atoms in total. The highest BCUT2D eigenvalue weighted by Gasteiger charge is 2.42. The van der Waals surface area contributed by atoms with Crippen molar-refractivity contribution in [3.63, 3.8) is 0 Å². The Bertz CT molecular complexity index is 986. The summed E-state index contributed by atoms with van der Waals surface area (Å²) in [5.74, 6) is -0.0440. The minimum atomic E-state index is -0.383. The highest BCUT2D eigenvalue weighted by Crippen LogP contribution is 2.33. The van der Waals surface area contributed by atoms with E-state index in [-0.39, 0.29) is 41.7 Å². The van der Waals surface area contributed by atoms with Crippen LogP contribution < -0.4 is 5.32 Å². The van der Waals surface area contributed by atoms with Gasteiger partial charge in [0, 0.05) is 36.4 Å². The summed E-state index contributed by atoms with van der Waals surface area (Å²) < 4.78 is 19.2. The van der Waals surface area contributed by atoms with E-state index in [1.807, 2.05) is 16.3 Å². The number of hydrogen-bond donors (Lipinski definition) is 1. The van der Waals surface area contributed by atoms with Crippen LogP contribution >= 0.6 is 11.3 Å². The van der Waals surface area contributed by atoms with Crippen LogP contribution in [0.4, 0.5) is 4.39 Å². The predicted octanol–water partition coefficient (Wildman–Crippen LogP) is 3.56. The van der Waals surface area contributed by atoms with Crippen LogP contribution in [-0.2, 0) is 20.7 Å². The van der Waals surface area contributed by atoms with Gasteiger partial charge >= 0.3 is 0 Å². The van der Waals surface area contributed by atoms with Gasteiger partial charge in [-0.05, 0) is 44.2 Å². The van der Waals surface area contributed by atoms with E-state index in [9.17, 15) is 14.0 Å². The summed E-state index contributed by atoms with van der Waals surface area (Å²) in [5.41, 5.74) is 1.61. The van der Waals surface area contributed by atoms with Crippen molar-refractivity contribution in [2.75, 3.05) is 13.2 Å². The average molecular weight is 458 g/mol. The van der Waals surface area contributed by atoms with E-state index >= 15 is 0 Å². The van der Waals surface area contributed by atoms with Gasteiger partial charge in [0.1, 0.15) is 16.9 Å². The Kier molecular flexibility index (Phi) is 6.24.